The molecule has 2 fully saturated rings. The summed E-state index contributed by atoms with van der Waals surface area (Å²) in [5.41, 5.74) is 1.69. The third kappa shape index (κ3) is 2.98. The number of fused-ring (bicyclic) bond motifs is 1. The zero-order chi connectivity index (χ0) is 16.7. The van der Waals surface area contributed by atoms with Crippen molar-refractivity contribution in [3.05, 3.63) is 46.0 Å². The first-order valence-corrected chi connectivity index (χ1v) is 8.75. The van der Waals surface area contributed by atoms with Crippen LogP contribution in [0.1, 0.15) is 24.8 Å². The molecule has 1 aromatic carbocycles. The molecule has 2 aliphatic heterocycles. The molecule has 2 aliphatic rings. The molecule has 0 amide bonds. The van der Waals surface area contributed by atoms with Crippen molar-refractivity contribution in [2.45, 2.75) is 25.8 Å². The van der Waals surface area contributed by atoms with Crippen molar-refractivity contribution < 1.29 is 4.39 Å². The Morgan fingerprint density at radius 2 is 1.92 bits per heavy atom. The summed E-state index contributed by atoms with van der Waals surface area (Å²) < 4.78 is 13.3. The lowest BCUT2D eigenvalue weighted by Crippen LogP contribution is -2.39. The van der Waals surface area contributed by atoms with Crippen LogP contribution in [0.5, 0.6) is 0 Å². The number of hydrogen-bond acceptors (Lipinski definition) is 3. The molecule has 2 aromatic rings. The van der Waals surface area contributed by atoms with Crippen LogP contribution in [-0.4, -0.2) is 48.0 Å². The van der Waals surface area contributed by atoms with Gasteiger partial charge in [0.05, 0.1) is 5.52 Å². The van der Waals surface area contributed by atoms with Crippen LogP contribution < -0.4 is 5.56 Å². The van der Waals surface area contributed by atoms with Crippen LogP contribution in [0.15, 0.2) is 29.1 Å². The summed E-state index contributed by atoms with van der Waals surface area (Å²) >= 11 is 0. The normalized spacial score (nSPS) is 21.8. The quantitative estimate of drug-likeness (QED) is 0.920. The van der Waals surface area contributed by atoms with Crippen molar-refractivity contribution in [2.75, 3.05) is 33.2 Å². The third-order valence-corrected chi connectivity index (χ3v) is 5.84. The van der Waals surface area contributed by atoms with Crippen molar-refractivity contribution in [3.8, 4) is 0 Å². The fourth-order valence-electron chi connectivity index (χ4n) is 4.24. The molecule has 5 heteroatoms. The van der Waals surface area contributed by atoms with Crippen LogP contribution in [-0.2, 0) is 6.54 Å². The van der Waals surface area contributed by atoms with E-state index in [1.54, 1.807) is 6.07 Å². The maximum Gasteiger partial charge on any atom is 0.252 e. The summed E-state index contributed by atoms with van der Waals surface area (Å²) in [6, 6.07) is 6.46. The van der Waals surface area contributed by atoms with E-state index in [2.05, 4.69) is 21.8 Å². The Hall–Kier alpha value is -1.72. The highest BCUT2D eigenvalue weighted by molar-refractivity contribution is 5.78. The molecule has 0 aliphatic carbocycles. The number of pyridine rings is 1. The molecule has 0 saturated carbocycles. The van der Waals surface area contributed by atoms with Crippen LogP contribution in [0.4, 0.5) is 4.39 Å². The Labute approximate surface area is 141 Å². The molecular formula is C19H24FN3O. The maximum absolute atomic E-state index is 13.3. The number of hydrogen-bond donors (Lipinski definition) is 1. The van der Waals surface area contributed by atoms with Gasteiger partial charge >= 0.3 is 0 Å². The molecule has 4 rings (SSSR count). The number of nitrogens with zero attached hydrogens (tertiary/aromatic N) is 2. The second kappa shape index (κ2) is 5.97. The Kier molecular flexibility index (Phi) is 3.93. The predicted octanol–water partition coefficient (Wildman–Crippen LogP) is 2.58. The van der Waals surface area contributed by atoms with Gasteiger partial charge in [0.2, 0.25) is 0 Å². The second-order valence-corrected chi connectivity index (χ2v) is 7.62. The highest BCUT2D eigenvalue weighted by atomic mass is 19.1. The zero-order valence-electron chi connectivity index (χ0n) is 14.1. The summed E-state index contributed by atoms with van der Waals surface area (Å²) in [5, 5.41) is 0.888. The Balaban J connectivity index is 1.52. The molecular weight excluding hydrogens is 305 g/mol. The van der Waals surface area contributed by atoms with E-state index >= 15 is 0 Å². The summed E-state index contributed by atoms with van der Waals surface area (Å²) in [7, 11) is 2.19. The molecule has 0 radical (unpaired) electrons. The predicted molar refractivity (Wildman–Crippen MR) is 93.6 cm³/mol. The fourth-order valence-corrected chi connectivity index (χ4v) is 4.24. The highest BCUT2D eigenvalue weighted by Crippen LogP contribution is 2.40. The van der Waals surface area contributed by atoms with Gasteiger partial charge in [0.15, 0.2) is 0 Å². The number of benzene rings is 1. The van der Waals surface area contributed by atoms with E-state index in [0.717, 1.165) is 24.0 Å². The first-order valence-electron chi connectivity index (χ1n) is 8.75. The van der Waals surface area contributed by atoms with Crippen LogP contribution >= 0.6 is 0 Å². The number of rotatable bonds is 2. The summed E-state index contributed by atoms with van der Waals surface area (Å²) in [6.07, 6.45) is 3.75. The van der Waals surface area contributed by atoms with Crippen molar-refractivity contribution in [1.29, 1.82) is 0 Å². The molecule has 0 atom stereocenters. The van der Waals surface area contributed by atoms with Gasteiger partial charge in [-0.15, -0.1) is 0 Å². The number of piperidine rings is 1. The Morgan fingerprint density at radius 3 is 2.71 bits per heavy atom. The molecule has 128 valence electrons. The van der Waals surface area contributed by atoms with Gasteiger partial charge in [-0.1, -0.05) is 0 Å². The van der Waals surface area contributed by atoms with Crippen LogP contribution in [0.2, 0.25) is 0 Å². The van der Waals surface area contributed by atoms with E-state index < -0.39 is 0 Å². The van der Waals surface area contributed by atoms with Gasteiger partial charge in [0.1, 0.15) is 5.82 Å². The number of nitrogens with one attached hydrogen (secondary N) is 1. The first-order chi connectivity index (χ1) is 11.5. The first kappa shape index (κ1) is 15.8. The smallest absolute Gasteiger partial charge is 0.252 e. The Bertz CT molecular complexity index is 808. The average molecular weight is 329 g/mol. The number of halogens is 1. The zero-order valence-corrected chi connectivity index (χ0v) is 14.1. The van der Waals surface area contributed by atoms with Gasteiger partial charge < -0.3 is 9.88 Å². The lowest BCUT2D eigenvalue weighted by Gasteiger charge is -2.37. The minimum Gasteiger partial charge on any atom is -0.322 e. The van der Waals surface area contributed by atoms with Crippen LogP contribution in [0.3, 0.4) is 0 Å². The summed E-state index contributed by atoms with van der Waals surface area (Å²) in [6.45, 7) is 5.18. The SMILES string of the molecule is CN1CCC2(CC1)CCN(Cc1cc3ccc(F)cc3[nH]c1=O)C2. The largest absolute Gasteiger partial charge is 0.322 e. The second-order valence-electron chi connectivity index (χ2n) is 7.62. The van der Waals surface area contributed by atoms with E-state index in [9.17, 15) is 9.18 Å². The van der Waals surface area contributed by atoms with Gasteiger partial charge in [-0.3, -0.25) is 9.69 Å². The van der Waals surface area contributed by atoms with E-state index in [0.29, 0.717) is 17.5 Å². The molecule has 4 nitrogen and oxygen atoms in total. The molecule has 1 aromatic heterocycles. The van der Waals surface area contributed by atoms with Crippen molar-refractivity contribution in [3.63, 3.8) is 0 Å². The standard InChI is InChI=1S/C19H24FN3O/c1-22-7-4-19(5-8-22)6-9-23(13-19)12-15-10-14-2-3-16(20)11-17(14)21-18(15)24/h2-3,10-11H,4-9,12-13H2,1H3,(H,21,24). The molecule has 2 saturated heterocycles. The molecule has 0 unspecified atom stereocenters. The molecule has 1 N–H and O–H groups in total. The number of H-pyrrole nitrogens is 1. The number of likely N-dealkylation sites (tertiary alicyclic amines) is 2. The summed E-state index contributed by atoms with van der Waals surface area (Å²) in [4.78, 5) is 20.0. The molecule has 1 spiro atoms. The van der Waals surface area contributed by atoms with Crippen LogP contribution in [0, 0.1) is 11.2 Å². The third-order valence-electron chi connectivity index (χ3n) is 5.84. The minimum atomic E-state index is -0.324. The van der Waals surface area contributed by atoms with Crippen molar-refractivity contribution >= 4 is 10.9 Å². The molecule has 3 heterocycles. The van der Waals surface area contributed by atoms with E-state index in [1.165, 1.54) is 44.5 Å². The van der Waals surface area contributed by atoms with E-state index in [-0.39, 0.29) is 11.4 Å². The summed E-state index contributed by atoms with van der Waals surface area (Å²) in [5.74, 6) is -0.324. The number of aromatic amines is 1. The monoisotopic (exact) mass is 329 g/mol. The molecule has 24 heavy (non-hydrogen) atoms. The topological polar surface area (TPSA) is 39.3 Å². The average Bonchev–Trinajstić information content (AvgIpc) is 2.94. The number of aromatic nitrogens is 1. The van der Waals surface area contributed by atoms with Crippen molar-refractivity contribution in [1.82, 2.24) is 14.8 Å². The van der Waals surface area contributed by atoms with Gasteiger partial charge in [-0.2, -0.15) is 0 Å². The fraction of sp³-hybridized carbons (Fsp3) is 0.526. The Morgan fingerprint density at radius 1 is 1.17 bits per heavy atom. The van der Waals surface area contributed by atoms with Gasteiger partial charge in [-0.05, 0) is 81.0 Å². The van der Waals surface area contributed by atoms with Crippen LogP contribution in [0.25, 0.3) is 10.9 Å². The van der Waals surface area contributed by atoms with E-state index in [1.807, 2.05) is 6.07 Å². The van der Waals surface area contributed by atoms with Crippen molar-refractivity contribution in [2.24, 2.45) is 5.41 Å². The van der Waals surface area contributed by atoms with Gasteiger partial charge in [-0.25, -0.2) is 4.39 Å². The maximum atomic E-state index is 13.3. The van der Waals surface area contributed by atoms with Gasteiger partial charge in [0, 0.05) is 18.7 Å². The van der Waals surface area contributed by atoms with E-state index in [4.69, 9.17) is 0 Å². The minimum absolute atomic E-state index is 0.0996. The van der Waals surface area contributed by atoms with Gasteiger partial charge in [0.25, 0.3) is 5.56 Å². The highest BCUT2D eigenvalue weighted by Gasteiger charge is 2.39. The lowest BCUT2D eigenvalue weighted by molar-refractivity contribution is 0.124. The molecule has 0 bridgehead atoms. The lowest BCUT2D eigenvalue weighted by atomic mass is 9.78.